The van der Waals surface area contributed by atoms with Crippen molar-refractivity contribution in [3.05, 3.63) is 124 Å². The summed E-state index contributed by atoms with van der Waals surface area (Å²) < 4.78 is 65.3. The minimum absolute atomic E-state index is 0.00463. The molecule has 0 fully saturated rings. The van der Waals surface area contributed by atoms with Gasteiger partial charge in [0.25, 0.3) is 0 Å². The molecule has 3 aromatic carbocycles. The van der Waals surface area contributed by atoms with Crippen LogP contribution in [0.15, 0.2) is 72.5 Å². The number of amides is 1. The number of thiol groups is 1. The van der Waals surface area contributed by atoms with Crippen LogP contribution in [0.4, 0.5) is 22.0 Å². The van der Waals surface area contributed by atoms with Crippen LogP contribution in [0.2, 0.25) is 0 Å². The van der Waals surface area contributed by atoms with Crippen molar-refractivity contribution >= 4 is 106 Å². The van der Waals surface area contributed by atoms with E-state index >= 15 is 0 Å². The number of primary amides is 1. The normalized spacial score (nSPS) is 13.0. The van der Waals surface area contributed by atoms with E-state index in [4.69, 9.17) is 136 Å². The third kappa shape index (κ3) is 58.5. The van der Waals surface area contributed by atoms with Gasteiger partial charge in [0.1, 0.15) is 66.5 Å². The molecule has 5 rings (SSSR count). The number of fused-ring (bicyclic) bond motifs is 1. The second-order valence-corrected chi connectivity index (χ2v) is 24.7. The van der Waals surface area contributed by atoms with Crippen LogP contribution in [0.1, 0.15) is 88.1 Å². The van der Waals surface area contributed by atoms with Crippen LogP contribution >= 0.6 is 24.0 Å². The molecule has 642 valence electrons. The lowest BCUT2D eigenvalue weighted by atomic mass is 10.0. The summed E-state index contributed by atoms with van der Waals surface area (Å²) in [4.78, 5) is 128. The number of nitrogens with one attached hydrogen (secondary N) is 2. The molecule has 0 unspecified atom stereocenters. The molecule has 0 radical (unpaired) electrons. The first-order valence-corrected chi connectivity index (χ1v) is 34.5. The lowest BCUT2D eigenvalue weighted by Gasteiger charge is -2.12. The summed E-state index contributed by atoms with van der Waals surface area (Å²) in [6, 6.07) is 8.14. The number of halogens is 5. The molecule has 0 saturated carbocycles. The highest BCUT2D eigenvalue weighted by atomic mass is 32.1. The van der Waals surface area contributed by atoms with Crippen molar-refractivity contribution < 1.29 is 136 Å². The van der Waals surface area contributed by atoms with E-state index < -0.39 is 173 Å². The molecule has 0 saturated heterocycles. The summed E-state index contributed by atoms with van der Waals surface area (Å²) in [7, 11) is 1.67. The van der Waals surface area contributed by atoms with Crippen molar-refractivity contribution in [2.24, 2.45) is 86.2 Å². The molecule has 11 atom stereocenters. The number of aromatic nitrogens is 2. The van der Waals surface area contributed by atoms with E-state index in [0.717, 1.165) is 22.2 Å². The van der Waals surface area contributed by atoms with Gasteiger partial charge in [-0.25, -0.2) is 26.9 Å². The third-order valence-electron chi connectivity index (χ3n) is 13.3. The largest absolute Gasteiger partial charge is 0.480 e. The smallest absolute Gasteiger partial charge is 0.321 e. The van der Waals surface area contributed by atoms with Gasteiger partial charge < -0.3 is 147 Å². The number of thiophene rings is 1. The number of nitrogens with zero attached hydrogens (tertiary/aromatic N) is 1. The lowest BCUT2D eigenvalue weighted by Crippen LogP contribution is -2.37. The Kier molecular flexibility index (Phi) is 65.9. The van der Waals surface area contributed by atoms with Crippen LogP contribution in [0.5, 0.6) is 0 Å². The minimum Gasteiger partial charge on any atom is -0.480 e. The number of aryl methyl sites for hydroxylation is 1. The summed E-state index contributed by atoms with van der Waals surface area (Å²) in [6.45, 7) is 6.26. The number of benzene rings is 3. The Bertz CT molecular complexity index is 3560. The minimum atomic E-state index is -2.30. The standard InChI is InChI=1S/C11H11NO2S.C10H13NO2.C9H6F5NO2.C7H15NO2.C6H9N3O2.C5H10N2O3.C5H12N2O2.C4H10N2O2.C3H8N2O2.C3H7NO2S.C3H7NO2/c12-9(11(13)14)5-7-6-15-10-4-2-1-3-8(7)10;11-9(10(12)13)7-6-8-4-2-1-3-5-8;10-4-2(1-3(15)9(16)17)5(11)7(13)8(14)6(4)12;1-5(2)4-6(8-3)7(9)10;7-5(6(10)11)1-4-2-8-3-9-4;6-3(5(9)10)1-2-4(7)8;6-3-1-2-4(7)5(8)9;5-2-1-3(6)4(7)8;4-1-2(5)3(6)7;4-2(1-7)3(5)6;1-2(4)3(5)6/h1-4,6,9H,5,12H2,(H,13,14);1-5,9H,6-7,11H2,(H,12,13);3H,1,15H2,(H,16,17);5-6,8H,4H2,1-3H3,(H,9,10);2-3,5H,1,7H2,(H,8,9)(H,10,11);3H,1-2,6H2,(H2,7,8)(H,9,10);4H,1-3,6-7H2,(H,8,9);3H,1-2,5-6H2,(H,7,8);2H,1,4-5H2,(H,6,7);2,7H,1,4H2,(H,5,6);2H,4H2,1H3,(H,5,6)/t2*9-;3-;6-;5-;3-;4-;3-;3*2-/m00001100011/s1. The summed E-state index contributed by atoms with van der Waals surface area (Å²) in [6.07, 6.45) is 6.22. The van der Waals surface area contributed by atoms with E-state index in [-0.39, 0.29) is 37.6 Å². The quantitative estimate of drug-likeness (QED) is 0.00930. The van der Waals surface area contributed by atoms with Crippen molar-refractivity contribution in [3.63, 3.8) is 0 Å². The maximum atomic E-state index is 13.1. The molecule has 0 aliphatic carbocycles. The van der Waals surface area contributed by atoms with Gasteiger partial charge in [0.2, 0.25) is 11.7 Å². The highest BCUT2D eigenvalue weighted by Gasteiger charge is 2.28. The van der Waals surface area contributed by atoms with Crippen molar-refractivity contribution in [1.82, 2.24) is 15.3 Å². The Balaban J connectivity index is -0.000000283. The van der Waals surface area contributed by atoms with Crippen molar-refractivity contribution in [1.29, 1.82) is 0 Å². The molecule has 0 bridgehead atoms. The number of rotatable bonds is 33. The number of aromatic amines is 1. The third-order valence-corrected chi connectivity index (χ3v) is 14.7. The van der Waals surface area contributed by atoms with Gasteiger partial charge in [0.05, 0.1) is 6.33 Å². The van der Waals surface area contributed by atoms with E-state index in [1.54, 1.807) is 24.6 Å². The number of imidazole rings is 1. The molecule has 113 heavy (non-hydrogen) atoms. The van der Waals surface area contributed by atoms with Crippen LogP contribution in [-0.4, -0.2) is 237 Å². The molecule has 0 aliphatic heterocycles. The van der Waals surface area contributed by atoms with E-state index in [2.05, 4.69) is 27.9 Å². The lowest BCUT2D eigenvalue weighted by molar-refractivity contribution is -0.140. The number of H-pyrrole nitrogens is 1. The fourth-order valence-corrected chi connectivity index (χ4v) is 7.77. The first kappa shape index (κ1) is 114. The average molecular weight is 1670 g/mol. The van der Waals surface area contributed by atoms with Gasteiger partial charge in [-0.15, -0.1) is 11.3 Å². The predicted octanol–water partition coefficient (Wildman–Crippen LogP) is -2.06. The topological polar surface area (TPSA) is 832 Å². The SMILES string of the molecule is CN[C@@H](CC(C)C)C(=O)O.C[C@@H](N)C(=O)O.NC(=O)CC[C@@H](N)C(=O)O.NCCC[C@H](N)C(=O)O.NCC[C@H](N)C(=O)O.NC[C@H](N)C(=O)O.N[C@@H](CCc1ccccc1)C(=O)O.N[C@@H](Cc1c(F)c(F)c(F)c(F)c1F)C(=O)O.N[C@@H](Cc1csc2ccccc12)C(=O)O.N[C@H](CS)C(=O)O.N[C@H](Cc1cnc[nH]1)C(=O)O. The molecule has 2 heterocycles. The first-order chi connectivity index (χ1) is 52.3. The number of aliphatic carboxylic acids is 11. The van der Waals surface area contributed by atoms with Crippen LogP contribution < -0.4 is 85.6 Å². The monoisotopic (exact) mass is 1670 g/mol. The number of likely N-dealkylation sites (N-methyl/N-ethyl adjacent to an activating group) is 1. The van der Waals surface area contributed by atoms with Crippen molar-refractivity contribution in [3.8, 4) is 0 Å². The van der Waals surface area contributed by atoms with Gasteiger partial charge in [-0.1, -0.05) is 62.4 Å². The van der Waals surface area contributed by atoms with E-state index in [9.17, 15) is 79.5 Å². The predicted molar refractivity (Wildman–Crippen MR) is 408 cm³/mol. The number of carboxylic acid groups (broad SMARTS) is 11. The zero-order valence-electron chi connectivity index (χ0n) is 62.1. The van der Waals surface area contributed by atoms with Gasteiger partial charge in [0, 0.05) is 53.7 Å². The zero-order valence-corrected chi connectivity index (χ0v) is 63.8. The molecule has 0 aliphatic rings. The molecule has 5 aromatic rings. The first-order valence-electron chi connectivity index (χ1n) is 33.0. The fraction of sp³-hybridized carbons (Fsp3) is 0.470. The second-order valence-electron chi connectivity index (χ2n) is 23.4. The number of carboxylic acids is 11. The highest BCUT2D eigenvalue weighted by Crippen LogP contribution is 2.27. The highest BCUT2D eigenvalue weighted by molar-refractivity contribution is 7.80. The van der Waals surface area contributed by atoms with Crippen LogP contribution in [0.25, 0.3) is 10.1 Å². The van der Waals surface area contributed by atoms with E-state index in [1.165, 1.54) is 18.0 Å². The van der Waals surface area contributed by atoms with E-state index in [0.29, 0.717) is 64.0 Å². The summed E-state index contributed by atoms with van der Waals surface area (Å²) in [5.41, 5.74) is 72.4. The Hall–Kier alpha value is -10.1. The van der Waals surface area contributed by atoms with Crippen LogP contribution in [0.3, 0.4) is 0 Å². The second kappa shape index (κ2) is 65.5. The molecule has 41 N–H and O–H groups in total. The molecular weight excluding hydrogens is 1560 g/mol. The van der Waals surface area contributed by atoms with Gasteiger partial charge in [-0.2, -0.15) is 12.6 Å². The maximum Gasteiger partial charge on any atom is 0.321 e. The van der Waals surface area contributed by atoms with Crippen LogP contribution in [0, 0.1) is 35.0 Å². The number of nitrogens with two attached hydrogens (primary N) is 14. The Morgan fingerprint density at radius 2 is 0.885 bits per heavy atom. The maximum absolute atomic E-state index is 13.1. The zero-order chi connectivity index (χ0) is 89.1. The van der Waals surface area contributed by atoms with Gasteiger partial charge in [-0.05, 0) is 112 Å². The Morgan fingerprint density at radius 1 is 0.487 bits per heavy atom. The van der Waals surface area contributed by atoms with Gasteiger partial charge >= 0.3 is 65.7 Å². The Labute approximate surface area is 654 Å². The van der Waals surface area contributed by atoms with Gasteiger partial charge in [0.15, 0.2) is 23.3 Å². The number of carbonyl (C=O) groups excluding carboxylic acids is 1. The molecular formula is C66H108F5N17O23S2. The molecule has 2 aromatic heterocycles. The number of hydrogen-bond donors (Lipinski definition) is 28. The number of carbonyl (C=O) groups is 12. The molecule has 0 spiro atoms. The van der Waals surface area contributed by atoms with Crippen LogP contribution in [-0.2, 0) is 83.2 Å². The van der Waals surface area contributed by atoms with Crippen molar-refractivity contribution in [2.75, 3.05) is 32.4 Å². The summed E-state index contributed by atoms with van der Waals surface area (Å²) in [5, 5.41) is 96.9. The molecule has 1 amide bonds. The van der Waals surface area contributed by atoms with E-state index in [1.807, 2.05) is 73.8 Å². The van der Waals surface area contributed by atoms with Crippen molar-refractivity contribution in [2.45, 2.75) is 158 Å². The van der Waals surface area contributed by atoms with Gasteiger partial charge in [-0.3, -0.25) is 57.5 Å². The molecule has 40 nitrogen and oxygen atoms in total. The summed E-state index contributed by atoms with van der Waals surface area (Å²) >= 11 is 5.27. The number of hydrogen-bond acceptors (Lipinski definition) is 29. The Morgan fingerprint density at radius 3 is 1.21 bits per heavy atom. The average Bonchev–Trinajstić information content (AvgIpc) is 1.24. The molecule has 47 heteroatoms. The summed E-state index contributed by atoms with van der Waals surface area (Å²) in [5.74, 6) is -22.0. The fourth-order valence-electron chi connectivity index (χ4n) is 6.64.